The summed E-state index contributed by atoms with van der Waals surface area (Å²) in [6.45, 7) is 1.85. The van der Waals surface area contributed by atoms with Crippen LogP contribution in [-0.4, -0.2) is 19.7 Å². The quantitative estimate of drug-likeness (QED) is 0.815. The largest absolute Gasteiger partial charge is 0.377 e. The summed E-state index contributed by atoms with van der Waals surface area (Å²) in [7, 11) is -3.70. The maximum Gasteiger partial charge on any atom is 0.306 e. The van der Waals surface area contributed by atoms with Gasteiger partial charge in [-0.3, -0.25) is 4.79 Å². The summed E-state index contributed by atoms with van der Waals surface area (Å²) in [5, 5.41) is 0.408. The first-order valence-electron chi connectivity index (χ1n) is 4.88. The lowest BCUT2D eigenvalue weighted by molar-refractivity contribution is 0.490. The number of H-pyrrole nitrogens is 1. The van der Waals surface area contributed by atoms with E-state index in [9.17, 15) is 13.2 Å². The molecule has 1 aromatic heterocycles. The minimum absolute atomic E-state index is 0.217. The minimum Gasteiger partial charge on any atom is -0.377 e. The zero-order valence-corrected chi connectivity index (χ0v) is 10.2. The zero-order valence-electron chi connectivity index (χ0n) is 9.35. The molecule has 90 valence electrons. The topological polar surface area (TPSA) is 76.2 Å². The molecule has 17 heavy (non-hydrogen) atoms. The van der Waals surface area contributed by atoms with Crippen LogP contribution in [-0.2, 0) is 10.1 Å². The van der Waals surface area contributed by atoms with Gasteiger partial charge in [0.15, 0.2) is 0 Å². The number of nitrogens with one attached hydrogen (secondary N) is 1. The van der Waals surface area contributed by atoms with Crippen molar-refractivity contribution in [1.29, 1.82) is 0 Å². The Morgan fingerprint density at radius 1 is 1.29 bits per heavy atom. The molecule has 0 saturated carbocycles. The molecule has 0 saturated heterocycles. The summed E-state index contributed by atoms with van der Waals surface area (Å²) in [6.07, 6.45) is 2.15. The lowest BCUT2D eigenvalue weighted by atomic mass is 10.1. The van der Waals surface area contributed by atoms with Crippen LogP contribution in [0.3, 0.4) is 0 Å². The molecule has 1 aromatic carbocycles. The number of pyridine rings is 1. The number of aromatic amines is 1. The van der Waals surface area contributed by atoms with E-state index in [-0.39, 0.29) is 5.75 Å². The molecule has 0 spiro atoms. The summed E-state index contributed by atoms with van der Waals surface area (Å²) in [4.78, 5) is 14.8. The van der Waals surface area contributed by atoms with Crippen molar-refractivity contribution in [2.75, 3.05) is 6.26 Å². The van der Waals surface area contributed by atoms with Gasteiger partial charge in [-0.2, -0.15) is 8.42 Å². The molecule has 0 atom stereocenters. The molecule has 2 aromatic rings. The van der Waals surface area contributed by atoms with E-state index in [0.29, 0.717) is 10.9 Å². The van der Waals surface area contributed by atoms with E-state index in [0.717, 1.165) is 11.8 Å². The lowest BCUT2D eigenvalue weighted by Gasteiger charge is -2.04. The van der Waals surface area contributed by atoms with E-state index in [1.807, 2.05) is 13.0 Å². The zero-order chi connectivity index (χ0) is 12.6. The molecule has 2 rings (SSSR count). The SMILES string of the molecule is Cc1ccc2[nH]cc(OS(C)(=O)=O)c(=O)c2c1. The molecular weight excluding hydrogens is 242 g/mol. The molecular formula is C11H11NO4S. The second-order valence-electron chi connectivity index (χ2n) is 3.82. The van der Waals surface area contributed by atoms with Crippen molar-refractivity contribution >= 4 is 21.0 Å². The second kappa shape index (κ2) is 3.89. The summed E-state index contributed by atoms with van der Waals surface area (Å²) in [5.41, 5.74) is 1.12. The first-order valence-corrected chi connectivity index (χ1v) is 6.70. The van der Waals surface area contributed by atoms with Crippen LogP contribution in [0.1, 0.15) is 5.56 Å². The highest BCUT2D eigenvalue weighted by molar-refractivity contribution is 7.86. The molecule has 0 amide bonds. The summed E-state index contributed by atoms with van der Waals surface area (Å²) < 4.78 is 26.6. The van der Waals surface area contributed by atoms with Gasteiger partial charge in [0.05, 0.1) is 6.26 Å². The van der Waals surface area contributed by atoms with Crippen LogP contribution in [0.2, 0.25) is 0 Å². The molecule has 6 heteroatoms. The van der Waals surface area contributed by atoms with E-state index in [1.54, 1.807) is 12.1 Å². The van der Waals surface area contributed by atoms with Crippen molar-refractivity contribution in [3.8, 4) is 5.75 Å². The number of aryl methyl sites for hydroxylation is 1. The number of hydrogen-bond acceptors (Lipinski definition) is 4. The van der Waals surface area contributed by atoms with E-state index in [2.05, 4.69) is 9.17 Å². The summed E-state index contributed by atoms with van der Waals surface area (Å²) >= 11 is 0. The van der Waals surface area contributed by atoms with Crippen LogP contribution >= 0.6 is 0 Å². The van der Waals surface area contributed by atoms with Crippen molar-refractivity contribution in [2.45, 2.75) is 6.92 Å². The third kappa shape index (κ3) is 2.47. The van der Waals surface area contributed by atoms with Gasteiger partial charge in [-0.15, -0.1) is 0 Å². The highest BCUT2D eigenvalue weighted by Crippen LogP contribution is 2.14. The van der Waals surface area contributed by atoms with Gasteiger partial charge in [0.25, 0.3) is 0 Å². The predicted molar refractivity (Wildman–Crippen MR) is 64.8 cm³/mol. The van der Waals surface area contributed by atoms with Crippen LogP contribution in [0, 0.1) is 6.92 Å². The monoisotopic (exact) mass is 253 g/mol. The van der Waals surface area contributed by atoms with Crippen molar-refractivity contribution in [2.24, 2.45) is 0 Å². The van der Waals surface area contributed by atoms with E-state index >= 15 is 0 Å². The van der Waals surface area contributed by atoms with Crippen molar-refractivity contribution in [3.05, 3.63) is 40.2 Å². The third-order valence-electron chi connectivity index (χ3n) is 2.24. The van der Waals surface area contributed by atoms with Gasteiger partial charge in [0, 0.05) is 17.1 Å². The Kier molecular flexibility index (Phi) is 2.66. The minimum atomic E-state index is -3.70. The highest BCUT2D eigenvalue weighted by Gasteiger charge is 2.11. The molecule has 0 bridgehead atoms. The molecule has 0 aliphatic heterocycles. The number of aromatic nitrogens is 1. The maximum atomic E-state index is 11.9. The van der Waals surface area contributed by atoms with Gasteiger partial charge in [0.1, 0.15) is 0 Å². The normalized spacial score (nSPS) is 11.6. The lowest BCUT2D eigenvalue weighted by Crippen LogP contribution is -2.14. The van der Waals surface area contributed by atoms with E-state index in [1.165, 1.54) is 6.20 Å². The number of hydrogen-bond donors (Lipinski definition) is 1. The smallest absolute Gasteiger partial charge is 0.306 e. The Morgan fingerprint density at radius 3 is 2.65 bits per heavy atom. The van der Waals surface area contributed by atoms with Crippen molar-refractivity contribution in [3.63, 3.8) is 0 Å². The summed E-state index contributed by atoms with van der Waals surface area (Å²) in [5.74, 6) is -0.217. The molecule has 0 radical (unpaired) electrons. The molecule has 1 heterocycles. The fourth-order valence-electron chi connectivity index (χ4n) is 1.54. The second-order valence-corrected chi connectivity index (χ2v) is 5.39. The average Bonchev–Trinajstić information content (AvgIpc) is 2.21. The Hall–Kier alpha value is -1.82. The number of fused-ring (bicyclic) bond motifs is 1. The molecule has 0 aliphatic rings. The van der Waals surface area contributed by atoms with Crippen molar-refractivity contribution < 1.29 is 12.6 Å². The Labute approximate surface area is 98.2 Å². The van der Waals surface area contributed by atoms with Crippen LogP contribution in [0.15, 0.2) is 29.2 Å². The Balaban J connectivity index is 2.69. The third-order valence-corrected chi connectivity index (χ3v) is 2.73. The fraction of sp³-hybridized carbons (Fsp3) is 0.182. The molecule has 0 unspecified atom stereocenters. The molecule has 0 aliphatic carbocycles. The molecule has 5 nitrogen and oxygen atoms in total. The van der Waals surface area contributed by atoms with Crippen LogP contribution in [0.25, 0.3) is 10.9 Å². The fourth-order valence-corrected chi connectivity index (χ4v) is 1.99. The predicted octanol–water partition coefficient (Wildman–Crippen LogP) is 1.17. The first kappa shape index (κ1) is 11.7. The molecule has 1 N–H and O–H groups in total. The van der Waals surface area contributed by atoms with Gasteiger partial charge in [-0.25, -0.2) is 0 Å². The maximum absolute atomic E-state index is 11.9. The van der Waals surface area contributed by atoms with Crippen LogP contribution < -0.4 is 9.61 Å². The van der Waals surface area contributed by atoms with Gasteiger partial charge in [0.2, 0.25) is 11.2 Å². The number of benzene rings is 1. The Bertz CT molecular complexity index is 731. The van der Waals surface area contributed by atoms with E-state index < -0.39 is 15.5 Å². The highest BCUT2D eigenvalue weighted by atomic mass is 32.2. The van der Waals surface area contributed by atoms with Gasteiger partial charge < -0.3 is 9.17 Å². The Morgan fingerprint density at radius 2 is 2.00 bits per heavy atom. The summed E-state index contributed by atoms with van der Waals surface area (Å²) in [6, 6.07) is 5.30. The van der Waals surface area contributed by atoms with Crippen LogP contribution in [0.5, 0.6) is 5.75 Å². The standard InChI is InChI=1S/C11H11NO4S/c1-7-3-4-9-8(5-7)11(13)10(6-12-9)16-17(2,14)15/h3-6H,1-2H3,(H,12,13). The van der Waals surface area contributed by atoms with Crippen molar-refractivity contribution in [1.82, 2.24) is 4.98 Å². The van der Waals surface area contributed by atoms with Gasteiger partial charge in [-0.1, -0.05) is 11.6 Å². The average molecular weight is 253 g/mol. The van der Waals surface area contributed by atoms with Gasteiger partial charge in [-0.05, 0) is 19.1 Å². The molecule has 0 fully saturated rings. The van der Waals surface area contributed by atoms with Crippen LogP contribution in [0.4, 0.5) is 0 Å². The van der Waals surface area contributed by atoms with Gasteiger partial charge >= 0.3 is 10.1 Å². The number of rotatable bonds is 2. The van der Waals surface area contributed by atoms with E-state index in [4.69, 9.17) is 0 Å². The first-order chi connectivity index (χ1) is 7.87.